The first-order valence-electron chi connectivity index (χ1n) is 10.5. The molecular formula is C26H20N4O. The normalized spacial score (nSPS) is 21.0. The minimum atomic E-state index is -0.510. The minimum Gasteiger partial charge on any atom is -0.300 e. The summed E-state index contributed by atoms with van der Waals surface area (Å²) in [6.07, 6.45) is 8.11. The number of carbonyl (C=O) groups is 1. The van der Waals surface area contributed by atoms with Crippen molar-refractivity contribution >= 4 is 5.78 Å². The van der Waals surface area contributed by atoms with Gasteiger partial charge >= 0.3 is 0 Å². The van der Waals surface area contributed by atoms with Gasteiger partial charge < -0.3 is 0 Å². The second-order valence-corrected chi connectivity index (χ2v) is 8.23. The van der Waals surface area contributed by atoms with Gasteiger partial charge in [-0.2, -0.15) is 0 Å². The van der Waals surface area contributed by atoms with E-state index < -0.39 is 5.41 Å². The molecule has 31 heavy (non-hydrogen) atoms. The molecule has 1 fully saturated rings. The van der Waals surface area contributed by atoms with Crippen LogP contribution in [0.1, 0.15) is 47.2 Å². The van der Waals surface area contributed by atoms with Crippen LogP contribution < -0.4 is 0 Å². The van der Waals surface area contributed by atoms with Crippen LogP contribution in [0.15, 0.2) is 85.5 Å². The maximum absolute atomic E-state index is 13.1. The molecule has 0 aromatic carbocycles. The molecule has 1 saturated carbocycles. The lowest BCUT2D eigenvalue weighted by Gasteiger charge is -2.47. The molecule has 1 spiro atoms. The number of rotatable bonds is 2. The Labute approximate surface area is 180 Å². The third-order valence-electron chi connectivity index (χ3n) is 6.78. The van der Waals surface area contributed by atoms with Crippen molar-refractivity contribution in [2.45, 2.75) is 30.1 Å². The number of aromatic nitrogens is 4. The van der Waals surface area contributed by atoms with Crippen LogP contribution in [-0.2, 0) is 10.2 Å². The molecule has 5 nitrogen and oxygen atoms in total. The number of Topliss-reactive ketones (excluding diaryl/α,β-unsaturated/α-hetero) is 1. The van der Waals surface area contributed by atoms with Crippen LogP contribution in [0.4, 0.5) is 0 Å². The molecule has 150 valence electrons. The molecule has 6 rings (SSSR count). The van der Waals surface area contributed by atoms with E-state index in [2.05, 4.69) is 12.1 Å². The maximum atomic E-state index is 13.1. The molecule has 0 aliphatic heterocycles. The topological polar surface area (TPSA) is 68.6 Å². The molecule has 2 atom stereocenters. The molecule has 4 aromatic rings. The molecule has 4 heterocycles. The molecule has 5 heteroatoms. The molecule has 4 aromatic heterocycles. The fourth-order valence-electron chi connectivity index (χ4n) is 5.69. The number of pyridine rings is 4. The second kappa shape index (κ2) is 6.91. The fourth-order valence-corrected chi connectivity index (χ4v) is 5.69. The average Bonchev–Trinajstić information content (AvgIpc) is 3.13. The molecule has 0 saturated heterocycles. The predicted octanol–water partition coefficient (Wildman–Crippen LogP) is 4.46. The number of ketones is 1. The number of fused-ring (bicyclic) bond motifs is 5. The lowest BCUT2D eigenvalue weighted by atomic mass is 9.54. The first-order valence-corrected chi connectivity index (χ1v) is 10.5. The van der Waals surface area contributed by atoms with Crippen molar-refractivity contribution in [3.05, 3.63) is 108 Å². The first kappa shape index (κ1) is 18.1. The third kappa shape index (κ3) is 2.53. The summed E-state index contributed by atoms with van der Waals surface area (Å²) in [5.41, 5.74) is 5.35. The summed E-state index contributed by atoms with van der Waals surface area (Å²) in [4.78, 5) is 32.0. The molecule has 0 N–H and O–H groups in total. The lowest BCUT2D eigenvalue weighted by Crippen LogP contribution is -2.45. The van der Waals surface area contributed by atoms with Crippen LogP contribution in [0, 0.1) is 0 Å². The first-order chi connectivity index (χ1) is 15.3. The summed E-state index contributed by atoms with van der Waals surface area (Å²) in [5.74, 6) is -0.0228. The number of carbonyl (C=O) groups excluding carboxylic acids is 1. The third-order valence-corrected chi connectivity index (χ3v) is 6.78. The van der Waals surface area contributed by atoms with E-state index in [1.807, 2.05) is 60.9 Å². The zero-order valence-corrected chi connectivity index (χ0v) is 16.8. The molecule has 0 unspecified atom stereocenters. The van der Waals surface area contributed by atoms with Crippen molar-refractivity contribution in [2.24, 2.45) is 0 Å². The smallest absolute Gasteiger partial charge is 0.134 e. The van der Waals surface area contributed by atoms with E-state index in [4.69, 9.17) is 19.9 Å². The maximum Gasteiger partial charge on any atom is 0.134 e. The van der Waals surface area contributed by atoms with E-state index in [-0.39, 0.29) is 17.6 Å². The van der Waals surface area contributed by atoms with Gasteiger partial charge in [-0.25, -0.2) is 0 Å². The van der Waals surface area contributed by atoms with Gasteiger partial charge in [0.25, 0.3) is 0 Å². The Hall–Kier alpha value is -3.73. The van der Waals surface area contributed by atoms with E-state index in [0.717, 1.165) is 33.9 Å². The van der Waals surface area contributed by atoms with Crippen LogP contribution in [0.5, 0.6) is 0 Å². The Kier molecular flexibility index (Phi) is 4.03. The van der Waals surface area contributed by atoms with Gasteiger partial charge in [0.05, 0.1) is 11.4 Å². The van der Waals surface area contributed by atoms with Crippen LogP contribution in [0.3, 0.4) is 0 Å². The highest BCUT2D eigenvalue weighted by Crippen LogP contribution is 2.63. The van der Waals surface area contributed by atoms with E-state index in [9.17, 15) is 4.79 Å². The van der Waals surface area contributed by atoms with E-state index in [1.54, 1.807) is 12.4 Å². The van der Waals surface area contributed by atoms with Crippen LogP contribution in [0.2, 0.25) is 0 Å². The van der Waals surface area contributed by atoms with Gasteiger partial charge in [-0.05, 0) is 47.5 Å². The Morgan fingerprint density at radius 1 is 0.613 bits per heavy atom. The quantitative estimate of drug-likeness (QED) is 0.493. The summed E-state index contributed by atoms with van der Waals surface area (Å²) in [7, 11) is 0. The largest absolute Gasteiger partial charge is 0.300 e. The van der Waals surface area contributed by atoms with Gasteiger partial charge in [0.15, 0.2) is 0 Å². The van der Waals surface area contributed by atoms with Crippen molar-refractivity contribution in [3.63, 3.8) is 0 Å². The molecular weight excluding hydrogens is 384 g/mol. The zero-order chi connectivity index (χ0) is 20.8. The Morgan fingerprint density at radius 3 is 1.55 bits per heavy atom. The van der Waals surface area contributed by atoms with Gasteiger partial charge in [-0.1, -0.05) is 24.3 Å². The van der Waals surface area contributed by atoms with Gasteiger partial charge in [0, 0.05) is 66.3 Å². The Morgan fingerprint density at radius 2 is 1.10 bits per heavy atom. The van der Waals surface area contributed by atoms with E-state index in [0.29, 0.717) is 12.8 Å². The standard InChI is InChI=1S/C26H20N4O/c31-17-15-20(22-9-1-3-11-27-22)26(21(16-17)23-10-2-4-12-28-23)18-7-5-13-29-24(18)25-19(26)8-6-14-30-25/h1-14,20-21H,15-16H2/t20-,21-/m1/s1. The fraction of sp³-hybridized carbons (Fsp3) is 0.192. The summed E-state index contributed by atoms with van der Waals surface area (Å²) < 4.78 is 0. The summed E-state index contributed by atoms with van der Waals surface area (Å²) >= 11 is 0. The van der Waals surface area contributed by atoms with Crippen molar-refractivity contribution in [3.8, 4) is 11.4 Å². The molecule has 0 amide bonds. The van der Waals surface area contributed by atoms with Crippen molar-refractivity contribution in [1.82, 2.24) is 19.9 Å². The molecule has 2 aliphatic rings. The summed E-state index contributed by atoms with van der Waals surface area (Å²) in [6, 6.07) is 20.1. The predicted molar refractivity (Wildman–Crippen MR) is 116 cm³/mol. The summed E-state index contributed by atoms with van der Waals surface area (Å²) in [5, 5.41) is 0. The molecule has 0 radical (unpaired) electrons. The highest BCUT2D eigenvalue weighted by molar-refractivity contribution is 5.86. The second-order valence-electron chi connectivity index (χ2n) is 8.23. The van der Waals surface area contributed by atoms with Gasteiger partial charge in [-0.3, -0.25) is 24.7 Å². The highest BCUT2D eigenvalue weighted by atomic mass is 16.1. The Balaban J connectivity index is 1.73. The highest BCUT2D eigenvalue weighted by Gasteiger charge is 2.59. The van der Waals surface area contributed by atoms with Crippen molar-refractivity contribution in [1.29, 1.82) is 0 Å². The van der Waals surface area contributed by atoms with E-state index in [1.165, 1.54) is 0 Å². The molecule has 0 bridgehead atoms. The minimum absolute atomic E-state index is 0.129. The monoisotopic (exact) mass is 404 g/mol. The van der Waals surface area contributed by atoms with Gasteiger partial charge in [0.1, 0.15) is 5.78 Å². The summed E-state index contributed by atoms with van der Waals surface area (Å²) in [6.45, 7) is 0. The van der Waals surface area contributed by atoms with Crippen LogP contribution in [0.25, 0.3) is 11.4 Å². The number of hydrogen-bond acceptors (Lipinski definition) is 5. The Bertz CT molecular complexity index is 1170. The van der Waals surface area contributed by atoms with Gasteiger partial charge in [-0.15, -0.1) is 0 Å². The lowest BCUT2D eigenvalue weighted by molar-refractivity contribution is -0.122. The van der Waals surface area contributed by atoms with Gasteiger partial charge in [0.2, 0.25) is 0 Å². The van der Waals surface area contributed by atoms with Crippen LogP contribution in [-0.4, -0.2) is 25.7 Å². The van der Waals surface area contributed by atoms with Crippen molar-refractivity contribution in [2.75, 3.05) is 0 Å². The molecule has 2 aliphatic carbocycles. The average molecular weight is 404 g/mol. The van der Waals surface area contributed by atoms with E-state index >= 15 is 0 Å². The zero-order valence-electron chi connectivity index (χ0n) is 16.8. The SMILES string of the molecule is O=C1C[C@H](c2ccccn2)C2(c3cccnc3-c3ncccc32)[C@@H](c2ccccn2)C1. The number of nitrogens with zero attached hydrogens (tertiary/aromatic N) is 4. The van der Waals surface area contributed by atoms with Crippen LogP contribution >= 0.6 is 0 Å². The number of hydrogen-bond donors (Lipinski definition) is 0. The van der Waals surface area contributed by atoms with Crippen molar-refractivity contribution < 1.29 is 4.79 Å².